The lowest BCUT2D eigenvalue weighted by molar-refractivity contribution is 0.284. The lowest BCUT2D eigenvalue weighted by atomic mass is 10.2. The summed E-state index contributed by atoms with van der Waals surface area (Å²) in [6.07, 6.45) is 3.29. The molecule has 0 aliphatic rings. The summed E-state index contributed by atoms with van der Waals surface area (Å²) in [6.45, 7) is 4.63. The minimum atomic E-state index is 0.464. The number of thiophene rings is 1. The third-order valence-corrected chi connectivity index (χ3v) is 5.89. The van der Waals surface area contributed by atoms with Gasteiger partial charge in [0.15, 0.2) is 17.3 Å². The number of hydrogen-bond acceptors (Lipinski definition) is 7. The number of nitrogens with one attached hydrogen (secondary N) is 1. The smallest absolute Gasteiger partial charge is 0.162 e. The number of rotatable bonds is 7. The molecular formula is C23H22N4O2S. The van der Waals surface area contributed by atoms with Crippen LogP contribution in [-0.4, -0.2) is 23.3 Å². The van der Waals surface area contributed by atoms with Crippen LogP contribution in [0.15, 0.2) is 60.0 Å². The van der Waals surface area contributed by atoms with Gasteiger partial charge in [-0.1, -0.05) is 30.3 Å². The number of aryl methyl sites for hydroxylation is 2. The topological polar surface area (TPSA) is 68.6 Å². The van der Waals surface area contributed by atoms with Gasteiger partial charge in [-0.2, -0.15) is 5.10 Å². The molecule has 0 amide bonds. The Hall–Kier alpha value is -3.45. The van der Waals surface area contributed by atoms with Crippen molar-refractivity contribution in [1.82, 2.24) is 9.97 Å². The monoisotopic (exact) mass is 418 g/mol. The van der Waals surface area contributed by atoms with Crippen LogP contribution in [0.4, 0.5) is 5.82 Å². The maximum Gasteiger partial charge on any atom is 0.162 e. The number of benzene rings is 2. The molecule has 1 N–H and O–H groups in total. The largest absolute Gasteiger partial charge is 0.493 e. The van der Waals surface area contributed by atoms with E-state index < -0.39 is 0 Å². The van der Waals surface area contributed by atoms with Gasteiger partial charge in [0.05, 0.1) is 18.7 Å². The van der Waals surface area contributed by atoms with Crippen molar-refractivity contribution in [2.24, 2.45) is 5.10 Å². The molecule has 0 bridgehead atoms. The van der Waals surface area contributed by atoms with Gasteiger partial charge in [0.1, 0.15) is 17.8 Å². The van der Waals surface area contributed by atoms with Crippen LogP contribution in [0.3, 0.4) is 0 Å². The van der Waals surface area contributed by atoms with Crippen LogP contribution >= 0.6 is 11.3 Å². The Morgan fingerprint density at radius 3 is 2.70 bits per heavy atom. The molecule has 0 saturated heterocycles. The number of methoxy groups -OCH3 is 1. The molecule has 4 rings (SSSR count). The maximum absolute atomic E-state index is 5.97. The molecule has 0 fully saturated rings. The second kappa shape index (κ2) is 8.92. The quantitative estimate of drug-likeness (QED) is 0.324. The minimum Gasteiger partial charge on any atom is -0.493 e. The van der Waals surface area contributed by atoms with Crippen molar-refractivity contribution in [2.45, 2.75) is 20.5 Å². The van der Waals surface area contributed by atoms with Gasteiger partial charge in [0.2, 0.25) is 0 Å². The van der Waals surface area contributed by atoms with Gasteiger partial charge < -0.3 is 9.47 Å². The van der Waals surface area contributed by atoms with Gasteiger partial charge in [-0.3, -0.25) is 5.43 Å². The number of fused-ring (bicyclic) bond motifs is 1. The zero-order valence-corrected chi connectivity index (χ0v) is 17.9. The molecule has 7 heteroatoms. The molecule has 2 aromatic carbocycles. The summed E-state index contributed by atoms with van der Waals surface area (Å²) in [6, 6.07) is 15.7. The fourth-order valence-electron chi connectivity index (χ4n) is 3.06. The number of aromatic nitrogens is 2. The molecule has 0 atom stereocenters. The normalized spacial score (nSPS) is 11.2. The maximum atomic E-state index is 5.97. The Labute approximate surface area is 179 Å². The molecule has 0 unspecified atom stereocenters. The standard InChI is InChI=1S/C23H22N4O2S/c1-15-16(2)30-23-21(15)22(24-14-25-23)27-26-12-18-9-10-19(28-3)20(11-18)29-13-17-7-5-4-6-8-17/h4-12,14H,13H2,1-3H3,(H,24,25,27)/b26-12-. The van der Waals surface area contributed by atoms with Crippen LogP contribution < -0.4 is 14.9 Å². The van der Waals surface area contributed by atoms with Gasteiger partial charge in [0, 0.05) is 4.88 Å². The molecule has 0 saturated carbocycles. The van der Waals surface area contributed by atoms with Crippen molar-refractivity contribution in [3.8, 4) is 11.5 Å². The molecule has 0 radical (unpaired) electrons. The first-order valence-electron chi connectivity index (χ1n) is 9.50. The highest BCUT2D eigenvalue weighted by Gasteiger charge is 2.11. The molecule has 0 spiro atoms. The zero-order valence-electron chi connectivity index (χ0n) is 17.0. The molecule has 30 heavy (non-hydrogen) atoms. The molecule has 0 aliphatic carbocycles. The van der Waals surface area contributed by atoms with Crippen molar-refractivity contribution in [3.05, 3.63) is 76.4 Å². The molecule has 152 valence electrons. The van der Waals surface area contributed by atoms with E-state index in [-0.39, 0.29) is 0 Å². The second-order valence-electron chi connectivity index (χ2n) is 6.74. The van der Waals surface area contributed by atoms with E-state index >= 15 is 0 Å². The number of hydrazone groups is 1. The average molecular weight is 419 g/mol. The summed E-state index contributed by atoms with van der Waals surface area (Å²) >= 11 is 1.66. The molecule has 2 heterocycles. The summed E-state index contributed by atoms with van der Waals surface area (Å²) in [5, 5.41) is 5.38. The Kier molecular flexibility index (Phi) is 5.90. The molecule has 6 nitrogen and oxygen atoms in total. The first-order valence-corrected chi connectivity index (χ1v) is 10.3. The summed E-state index contributed by atoms with van der Waals surface area (Å²) in [4.78, 5) is 10.9. The summed E-state index contributed by atoms with van der Waals surface area (Å²) < 4.78 is 11.4. The van der Waals surface area contributed by atoms with Gasteiger partial charge in [-0.05, 0) is 48.7 Å². The van der Waals surface area contributed by atoms with Crippen molar-refractivity contribution < 1.29 is 9.47 Å². The number of nitrogens with zero attached hydrogens (tertiary/aromatic N) is 3. The van der Waals surface area contributed by atoms with Crippen LogP contribution in [0, 0.1) is 13.8 Å². The summed E-state index contributed by atoms with van der Waals surface area (Å²) in [7, 11) is 1.63. The third-order valence-electron chi connectivity index (χ3n) is 4.77. The fraction of sp³-hybridized carbons (Fsp3) is 0.174. The van der Waals surface area contributed by atoms with E-state index in [9.17, 15) is 0 Å². The van der Waals surface area contributed by atoms with E-state index in [2.05, 4.69) is 34.3 Å². The van der Waals surface area contributed by atoms with Crippen molar-refractivity contribution >= 4 is 33.6 Å². The predicted molar refractivity (Wildman–Crippen MR) is 122 cm³/mol. The van der Waals surface area contributed by atoms with E-state index in [4.69, 9.17) is 9.47 Å². The van der Waals surface area contributed by atoms with Crippen LogP contribution in [0.25, 0.3) is 10.2 Å². The lowest BCUT2D eigenvalue weighted by Gasteiger charge is -2.11. The molecule has 0 aliphatic heterocycles. The van der Waals surface area contributed by atoms with E-state index in [1.807, 2.05) is 48.5 Å². The highest BCUT2D eigenvalue weighted by atomic mass is 32.1. The third kappa shape index (κ3) is 4.26. The van der Waals surface area contributed by atoms with Gasteiger partial charge >= 0.3 is 0 Å². The number of anilines is 1. The van der Waals surface area contributed by atoms with Crippen molar-refractivity contribution in [1.29, 1.82) is 0 Å². The summed E-state index contributed by atoms with van der Waals surface area (Å²) in [5.74, 6) is 2.05. The van der Waals surface area contributed by atoms with Crippen molar-refractivity contribution in [3.63, 3.8) is 0 Å². The van der Waals surface area contributed by atoms with E-state index in [0.717, 1.165) is 21.3 Å². The van der Waals surface area contributed by atoms with Crippen molar-refractivity contribution in [2.75, 3.05) is 12.5 Å². The Balaban J connectivity index is 1.51. The highest BCUT2D eigenvalue weighted by molar-refractivity contribution is 7.18. The lowest BCUT2D eigenvalue weighted by Crippen LogP contribution is -1.99. The number of ether oxygens (including phenoxy) is 2. The Morgan fingerprint density at radius 1 is 1.07 bits per heavy atom. The molecular weight excluding hydrogens is 396 g/mol. The molecule has 4 aromatic rings. The zero-order chi connectivity index (χ0) is 20.9. The van der Waals surface area contributed by atoms with Gasteiger partial charge in [-0.15, -0.1) is 11.3 Å². The SMILES string of the molecule is COc1ccc(/C=N\Nc2ncnc3sc(C)c(C)c23)cc1OCc1ccccc1. The second-order valence-corrected chi connectivity index (χ2v) is 7.94. The Bertz CT molecular complexity index is 1190. The molecule has 2 aromatic heterocycles. The number of hydrogen-bond donors (Lipinski definition) is 1. The van der Waals surface area contributed by atoms with Crippen LogP contribution in [-0.2, 0) is 6.61 Å². The van der Waals surface area contributed by atoms with E-state index in [0.29, 0.717) is 23.9 Å². The van der Waals surface area contributed by atoms with Crippen LogP contribution in [0.1, 0.15) is 21.6 Å². The van der Waals surface area contributed by atoms with Crippen LogP contribution in [0.5, 0.6) is 11.5 Å². The highest BCUT2D eigenvalue weighted by Crippen LogP contribution is 2.32. The van der Waals surface area contributed by atoms with E-state index in [1.54, 1.807) is 31.0 Å². The van der Waals surface area contributed by atoms with Crippen LogP contribution in [0.2, 0.25) is 0 Å². The first-order chi connectivity index (χ1) is 14.7. The summed E-state index contributed by atoms with van der Waals surface area (Å²) in [5.41, 5.74) is 6.20. The van der Waals surface area contributed by atoms with Gasteiger partial charge in [0.25, 0.3) is 0 Å². The Morgan fingerprint density at radius 2 is 1.90 bits per heavy atom. The van der Waals surface area contributed by atoms with Gasteiger partial charge in [-0.25, -0.2) is 9.97 Å². The predicted octanol–water partition coefficient (Wildman–Crippen LogP) is 5.34. The fourth-order valence-corrected chi connectivity index (χ4v) is 4.05. The minimum absolute atomic E-state index is 0.464. The van der Waals surface area contributed by atoms with E-state index in [1.165, 1.54) is 10.4 Å². The average Bonchev–Trinajstić information content (AvgIpc) is 3.07. The first kappa shape index (κ1) is 19.8.